The summed E-state index contributed by atoms with van der Waals surface area (Å²) in [6.45, 7) is 0. The first kappa shape index (κ1) is 11.5. The van der Waals surface area contributed by atoms with E-state index in [0.717, 1.165) is 0 Å². The Kier molecular flexibility index (Phi) is 3.91. The lowest BCUT2D eigenvalue weighted by Crippen LogP contribution is -2.29. The number of carbonyl (C=O) groups excluding carboxylic acids is 1. The molecule has 0 spiro atoms. The van der Waals surface area contributed by atoms with Crippen LogP contribution in [0, 0.1) is 0 Å². The number of hydrogen-bond donors (Lipinski definition) is 2. The van der Waals surface area contributed by atoms with Gasteiger partial charge in [0.2, 0.25) is 0 Å². The second-order valence-corrected chi connectivity index (χ2v) is 3.10. The van der Waals surface area contributed by atoms with E-state index in [1.54, 1.807) is 0 Å². The van der Waals surface area contributed by atoms with Crippen LogP contribution >= 0.6 is 0 Å². The van der Waals surface area contributed by atoms with Gasteiger partial charge in [0.1, 0.15) is 0 Å². The fourth-order valence-electron chi connectivity index (χ4n) is 0.621. The van der Waals surface area contributed by atoms with Crippen LogP contribution < -0.4 is 0 Å². The van der Waals surface area contributed by atoms with Gasteiger partial charge in [-0.05, 0) is 0 Å². The van der Waals surface area contributed by atoms with Gasteiger partial charge in [-0.3, -0.25) is 9.11 Å². The molecule has 2 N–H and O–H groups in total. The Morgan fingerprint density at radius 1 is 1.07 bits per heavy atom. The average Bonchev–Trinajstić information content (AvgIpc) is 2.28. The molecule has 0 saturated carbocycles. The van der Waals surface area contributed by atoms with Gasteiger partial charge in [-0.1, -0.05) is 0 Å². The van der Waals surface area contributed by atoms with Crippen molar-refractivity contribution in [3.63, 3.8) is 0 Å². The molecule has 1 saturated heterocycles. The molecule has 1 rings (SSSR count). The minimum Gasteiger partial charge on any atom is -0.396 e. The molecule has 0 amide bonds. The lowest BCUT2D eigenvalue weighted by molar-refractivity contribution is -0.0992. The molecular weight excluding hydrogens is 244 g/mol. The molecule has 14 heavy (non-hydrogen) atoms. The Balaban J connectivity index is 2.57. The highest BCUT2D eigenvalue weighted by Crippen LogP contribution is 2.18. The third-order valence-electron chi connectivity index (χ3n) is 1.00. The van der Waals surface area contributed by atoms with Crippen molar-refractivity contribution in [3.05, 3.63) is 0 Å². The second kappa shape index (κ2) is 4.77. The smallest absolute Gasteiger partial charge is 0.396 e. The molecule has 0 aromatic rings. The van der Waals surface area contributed by atoms with Crippen molar-refractivity contribution in [3.8, 4) is 0 Å². The molecule has 0 radical (unpaired) electrons. The van der Waals surface area contributed by atoms with Crippen molar-refractivity contribution in [1.82, 2.24) is 0 Å². The fourth-order valence-corrected chi connectivity index (χ4v) is 1.21. The van der Waals surface area contributed by atoms with Gasteiger partial charge >= 0.3 is 28.9 Å². The quantitative estimate of drug-likeness (QED) is 0.480. The van der Waals surface area contributed by atoms with Crippen molar-refractivity contribution in [2.45, 2.75) is 12.6 Å². The number of hydrogen-bond acceptors (Lipinski definition) is 7. The van der Waals surface area contributed by atoms with Gasteiger partial charge in [0.25, 0.3) is 12.6 Å². The van der Waals surface area contributed by atoms with E-state index in [1.165, 1.54) is 0 Å². The summed E-state index contributed by atoms with van der Waals surface area (Å²) in [4.78, 5) is 10.5. The standard InChI is InChI=1S/C3H4O9S2/c4-3-9-1(11-13(5)6)2(10-3)12-14(7)8/h1-2H,(H,5,6)(H,7,8). The summed E-state index contributed by atoms with van der Waals surface area (Å²) >= 11 is -5.45. The Labute approximate surface area is 82.3 Å². The van der Waals surface area contributed by atoms with E-state index in [4.69, 9.17) is 9.11 Å². The first-order valence-corrected chi connectivity index (χ1v) is 4.98. The molecule has 11 heteroatoms. The van der Waals surface area contributed by atoms with Gasteiger partial charge in [-0.15, -0.1) is 0 Å². The minimum absolute atomic E-state index is 1.24. The van der Waals surface area contributed by atoms with Crippen LogP contribution in [0.5, 0.6) is 0 Å². The van der Waals surface area contributed by atoms with E-state index in [0.29, 0.717) is 0 Å². The largest absolute Gasteiger partial charge is 0.513 e. The van der Waals surface area contributed by atoms with E-state index in [1.807, 2.05) is 0 Å². The van der Waals surface area contributed by atoms with Gasteiger partial charge in [0.05, 0.1) is 0 Å². The number of cyclic esters (lactones) is 2. The van der Waals surface area contributed by atoms with E-state index < -0.39 is 41.5 Å². The minimum atomic E-state index is -2.72. The van der Waals surface area contributed by atoms with Crippen LogP contribution in [0.4, 0.5) is 4.79 Å². The highest BCUT2D eigenvalue weighted by Gasteiger charge is 2.41. The molecular formula is C3H4O9S2. The zero-order valence-electron chi connectivity index (χ0n) is 6.22. The van der Waals surface area contributed by atoms with Crippen LogP contribution in [0.3, 0.4) is 0 Å². The van der Waals surface area contributed by atoms with Gasteiger partial charge in [0, 0.05) is 0 Å². The molecule has 1 fully saturated rings. The molecule has 1 aliphatic heterocycles. The maximum atomic E-state index is 10.5. The highest BCUT2D eigenvalue weighted by atomic mass is 32.2. The van der Waals surface area contributed by atoms with Gasteiger partial charge in [-0.2, -0.15) is 8.42 Å². The monoisotopic (exact) mass is 248 g/mol. The summed E-state index contributed by atoms with van der Waals surface area (Å²) < 4.78 is 53.3. The normalized spacial score (nSPS) is 30.6. The van der Waals surface area contributed by atoms with Crippen LogP contribution in [-0.2, 0) is 40.6 Å². The lowest BCUT2D eigenvalue weighted by Gasteiger charge is -2.10. The van der Waals surface area contributed by atoms with Crippen molar-refractivity contribution in [2.75, 3.05) is 0 Å². The summed E-state index contributed by atoms with van der Waals surface area (Å²) in [6, 6.07) is 0. The van der Waals surface area contributed by atoms with Crippen LogP contribution in [0.2, 0.25) is 0 Å². The SMILES string of the molecule is O=C1OC(OS(=O)O)C(OS(=O)O)O1. The van der Waals surface area contributed by atoms with Crippen molar-refractivity contribution in [1.29, 1.82) is 0 Å². The Hall–Kier alpha value is -0.590. The second-order valence-electron chi connectivity index (χ2n) is 1.85. The molecule has 0 aromatic heterocycles. The molecule has 0 aliphatic carbocycles. The summed E-state index contributed by atoms with van der Waals surface area (Å²) in [7, 11) is 0. The number of ether oxygens (including phenoxy) is 2. The summed E-state index contributed by atoms with van der Waals surface area (Å²) in [5.41, 5.74) is 0. The summed E-state index contributed by atoms with van der Waals surface area (Å²) in [5.74, 6) is 0. The first-order chi connectivity index (χ1) is 6.49. The van der Waals surface area contributed by atoms with Crippen molar-refractivity contribution >= 4 is 28.9 Å². The van der Waals surface area contributed by atoms with E-state index in [9.17, 15) is 13.2 Å². The highest BCUT2D eigenvalue weighted by molar-refractivity contribution is 7.74. The number of carbonyl (C=O) groups is 1. The van der Waals surface area contributed by atoms with Crippen molar-refractivity contribution in [2.24, 2.45) is 0 Å². The van der Waals surface area contributed by atoms with Crippen LogP contribution in [0.15, 0.2) is 0 Å². The maximum absolute atomic E-state index is 10.5. The molecule has 1 aliphatic rings. The van der Waals surface area contributed by atoms with Gasteiger partial charge < -0.3 is 9.47 Å². The van der Waals surface area contributed by atoms with Gasteiger partial charge in [0.15, 0.2) is 0 Å². The lowest BCUT2D eigenvalue weighted by atomic mass is 10.6. The van der Waals surface area contributed by atoms with E-state index in [2.05, 4.69) is 17.8 Å². The topological polar surface area (TPSA) is 129 Å². The van der Waals surface area contributed by atoms with E-state index >= 15 is 0 Å². The summed E-state index contributed by atoms with van der Waals surface area (Å²) in [5, 5.41) is 0. The van der Waals surface area contributed by atoms with Crippen LogP contribution in [-0.4, -0.2) is 36.3 Å². The predicted molar refractivity (Wildman–Crippen MR) is 38.9 cm³/mol. The molecule has 1 heterocycles. The Morgan fingerprint density at radius 2 is 1.43 bits per heavy atom. The fraction of sp³-hybridized carbons (Fsp3) is 0.667. The molecule has 4 unspecified atom stereocenters. The zero-order chi connectivity index (χ0) is 10.7. The molecule has 0 aromatic carbocycles. The summed E-state index contributed by atoms with van der Waals surface area (Å²) in [6.07, 6.45) is -4.57. The average molecular weight is 248 g/mol. The van der Waals surface area contributed by atoms with Crippen LogP contribution in [0.1, 0.15) is 0 Å². The maximum Gasteiger partial charge on any atom is 0.513 e. The third kappa shape index (κ3) is 3.28. The van der Waals surface area contributed by atoms with E-state index in [-0.39, 0.29) is 0 Å². The first-order valence-electron chi connectivity index (χ1n) is 2.92. The Bertz CT molecular complexity index is 249. The number of rotatable bonds is 4. The predicted octanol–water partition coefficient (Wildman–Crippen LogP) is -0.888. The molecule has 82 valence electrons. The molecule has 4 atom stereocenters. The molecule has 0 bridgehead atoms. The Morgan fingerprint density at radius 3 is 1.71 bits per heavy atom. The molecule has 9 nitrogen and oxygen atoms in total. The van der Waals surface area contributed by atoms with Gasteiger partial charge in [-0.25, -0.2) is 13.2 Å². The third-order valence-corrected chi connectivity index (χ3v) is 1.71. The van der Waals surface area contributed by atoms with Crippen LogP contribution in [0.25, 0.3) is 0 Å². The van der Waals surface area contributed by atoms with Crippen molar-refractivity contribution < 1.29 is 40.2 Å². The zero-order valence-corrected chi connectivity index (χ0v) is 7.86.